The summed E-state index contributed by atoms with van der Waals surface area (Å²) in [6, 6.07) is 16.3. The summed E-state index contributed by atoms with van der Waals surface area (Å²) >= 11 is 11.3. The summed E-state index contributed by atoms with van der Waals surface area (Å²) in [4.78, 5) is 1.27. The van der Waals surface area contributed by atoms with Crippen LogP contribution in [0.5, 0.6) is 0 Å². The van der Waals surface area contributed by atoms with Crippen molar-refractivity contribution in [3.05, 3.63) is 63.6 Å². The van der Waals surface area contributed by atoms with Crippen molar-refractivity contribution < 1.29 is 0 Å². The average molecular weight is 314 g/mol. The van der Waals surface area contributed by atoms with Gasteiger partial charge in [0.2, 0.25) is 0 Å². The van der Waals surface area contributed by atoms with E-state index in [9.17, 15) is 0 Å². The Hall–Kier alpha value is -0.440. The Morgan fingerprint density at radius 2 is 1.81 bits per heavy atom. The van der Waals surface area contributed by atoms with Gasteiger partial charge in [0.15, 0.2) is 0 Å². The maximum absolute atomic E-state index is 6.15. The summed E-state index contributed by atoms with van der Waals surface area (Å²) < 4.78 is 1.02. The first-order chi connectivity index (χ1) is 7.75. The summed E-state index contributed by atoms with van der Waals surface area (Å²) in [6.07, 6.45) is 0. The Bertz CT molecular complexity index is 471. The Morgan fingerprint density at radius 1 is 1.06 bits per heavy atom. The fraction of sp³-hybridized carbons (Fsp3) is 0.0769. The van der Waals surface area contributed by atoms with Crippen LogP contribution in [0, 0.1) is 0 Å². The van der Waals surface area contributed by atoms with Gasteiger partial charge in [-0.3, -0.25) is 0 Å². The predicted molar refractivity (Wildman–Crippen MR) is 75.2 cm³/mol. The van der Waals surface area contributed by atoms with E-state index in [1.54, 1.807) is 11.8 Å². The highest BCUT2D eigenvalue weighted by Gasteiger charge is 2.01. The van der Waals surface area contributed by atoms with Crippen LogP contribution in [0.1, 0.15) is 5.56 Å². The van der Waals surface area contributed by atoms with E-state index in [2.05, 4.69) is 34.1 Å². The molecular weight excluding hydrogens is 304 g/mol. The van der Waals surface area contributed by atoms with Crippen molar-refractivity contribution in [2.75, 3.05) is 0 Å². The standard InChI is InChI=1S/C13H10BrClS/c14-11-7-6-10(13(15)8-11)9-16-12-4-2-1-3-5-12/h1-8H,9H2. The molecule has 0 amide bonds. The maximum Gasteiger partial charge on any atom is 0.0457 e. The number of benzene rings is 2. The normalized spacial score (nSPS) is 10.4. The number of halogens is 2. The van der Waals surface area contributed by atoms with Crippen LogP contribution >= 0.6 is 39.3 Å². The Kier molecular flexibility index (Phi) is 4.33. The fourth-order valence-electron chi connectivity index (χ4n) is 1.32. The molecule has 0 bridgehead atoms. The fourth-order valence-corrected chi connectivity index (χ4v) is 3.06. The predicted octanol–water partition coefficient (Wildman–Crippen LogP) is 5.39. The molecule has 0 aromatic heterocycles. The molecule has 2 rings (SSSR count). The van der Waals surface area contributed by atoms with Crippen molar-refractivity contribution in [3.63, 3.8) is 0 Å². The minimum absolute atomic E-state index is 0.817. The third kappa shape index (κ3) is 3.27. The minimum atomic E-state index is 0.817. The Labute approximate surface area is 113 Å². The van der Waals surface area contributed by atoms with E-state index in [1.807, 2.05) is 30.3 Å². The number of thioether (sulfide) groups is 1. The van der Waals surface area contributed by atoms with E-state index >= 15 is 0 Å². The van der Waals surface area contributed by atoms with Gasteiger partial charge < -0.3 is 0 Å². The minimum Gasteiger partial charge on any atom is -0.121 e. The molecular formula is C13H10BrClS. The van der Waals surface area contributed by atoms with E-state index in [-0.39, 0.29) is 0 Å². The molecule has 0 radical (unpaired) electrons. The molecule has 0 N–H and O–H groups in total. The van der Waals surface area contributed by atoms with Crippen LogP contribution in [0.3, 0.4) is 0 Å². The molecule has 0 saturated carbocycles. The Morgan fingerprint density at radius 3 is 2.50 bits per heavy atom. The van der Waals surface area contributed by atoms with Crippen molar-refractivity contribution in [1.82, 2.24) is 0 Å². The lowest BCUT2D eigenvalue weighted by Gasteiger charge is -2.04. The molecule has 0 aliphatic rings. The molecule has 0 spiro atoms. The zero-order valence-electron chi connectivity index (χ0n) is 8.49. The highest BCUT2D eigenvalue weighted by Crippen LogP contribution is 2.28. The molecule has 0 aliphatic carbocycles. The van der Waals surface area contributed by atoms with Gasteiger partial charge in [-0.2, -0.15) is 0 Å². The largest absolute Gasteiger partial charge is 0.121 e. The molecule has 0 saturated heterocycles. The van der Waals surface area contributed by atoms with Gasteiger partial charge >= 0.3 is 0 Å². The van der Waals surface area contributed by atoms with Crippen molar-refractivity contribution in [2.24, 2.45) is 0 Å². The third-order valence-electron chi connectivity index (χ3n) is 2.15. The van der Waals surface area contributed by atoms with Crippen LogP contribution < -0.4 is 0 Å². The van der Waals surface area contributed by atoms with Crippen LogP contribution in [-0.4, -0.2) is 0 Å². The van der Waals surface area contributed by atoms with Crippen LogP contribution in [0.4, 0.5) is 0 Å². The quantitative estimate of drug-likeness (QED) is 0.684. The molecule has 3 heteroatoms. The topological polar surface area (TPSA) is 0 Å². The lowest BCUT2D eigenvalue weighted by molar-refractivity contribution is 1.37. The van der Waals surface area contributed by atoms with E-state index in [4.69, 9.17) is 11.6 Å². The molecule has 0 aliphatic heterocycles. The van der Waals surface area contributed by atoms with Crippen LogP contribution in [-0.2, 0) is 5.75 Å². The molecule has 0 heterocycles. The second-order valence-electron chi connectivity index (χ2n) is 3.34. The van der Waals surface area contributed by atoms with Crippen LogP contribution in [0.2, 0.25) is 5.02 Å². The number of hydrogen-bond donors (Lipinski definition) is 0. The van der Waals surface area contributed by atoms with Crippen molar-refractivity contribution in [2.45, 2.75) is 10.6 Å². The van der Waals surface area contributed by atoms with Crippen molar-refractivity contribution in [1.29, 1.82) is 0 Å². The first kappa shape index (κ1) is 12.0. The second kappa shape index (κ2) is 5.76. The smallest absolute Gasteiger partial charge is 0.0457 e. The van der Waals surface area contributed by atoms with Gasteiger partial charge in [0.1, 0.15) is 0 Å². The lowest BCUT2D eigenvalue weighted by atomic mass is 10.2. The molecule has 82 valence electrons. The number of hydrogen-bond acceptors (Lipinski definition) is 1. The summed E-state index contributed by atoms with van der Waals surface area (Å²) in [5, 5.41) is 0.817. The number of rotatable bonds is 3. The van der Waals surface area contributed by atoms with Gasteiger partial charge in [0.25, 0.3) is 0 Å². The summed E-state index contributed by atoms with van der Waals surface area (Å²) in [7, 11) is 0. The van der Waals surface area contributed by atoms with Gasteiger partial charge in [-0.15, -0.1) is 11.8 Å². The zero-order chi connectivity index (χ0) is 11.4. The monoisotopic (exact) mass is 312 g/mol. The summed E-state index contributed by atoms with van der Waals surface area (Å²) in [5.74, 6) is 0.899. The molecule has 0 atom stereocenters. The van der Waals surface area contributed by atoms with Crippen LogP contribution in [0.15, 0.2) is 57.9 Å². The van der Waals surface area contributed by atoms with E-state index < -0.39 is 0 Å². The second-order valence-corrected chi connectivity index (χ2v) is 5.71. The van der Waals surface area contributed by atoms with Gasteiger partial charge in [-0.25, -0.2) is 0 Å². The van der Waals surface area contributed by atoms with E-state index in [0.29, 0.717) is 0 Å². The SMILES string of the molecule is Clc1cc(Br)ccc1CSc1ccccc1. The highest BCUT2D eigenvalue weighted by atomic mass is 79.9. The van der Waals surface area contributed by atoms with E-state index in [0.717, 1.165) is 15.2 Å². The summed E-state index contributed by atoms with van der Waals surface area (Å²) in [6.45, 7) is 0. The van der Waals surface area contributed by atoms with E-state index in [1.165, 1.54) is 10.5 Å². The van der Waals surface area contributed by atoms with Crippen LogP contribution in [0.25, 0.3) is 0 Å². The van der Waals surface area contributed by atoms with Gasteiger partial charge in [-0.05, 0) is 29.8 Å². The molecule has 16 heavy (non-hydrogen) atoms. The van der Waals surface area contributed by atoms with Gasteiger partial charge in [0, 0.05) is 20.1 Å². The van der Waals surface area contributed by atoms with Gasteiger partial charge in [-0.1, -0.05) is 51.8 Å². The van der Waals surface area contributed by atoms with Crippen molar-refractivity contribution >= 4 is 39.3 Å². The average Bonchev–Trinajstić information content (AvgIpc) is 2.29. The lowest BCUT2D eigenvalue weighted by Crippen LogP contribution is -1.82. The molecule has 0 nitrogen and oxygen atoms in total. The van der Waals surface area contributed by atoms with Gasteiger partial charge in [0.05, 0.1) is 0 Å². The molecule has 2 aromatic rings. The molecule has 2 aromatic carbocycles. The first-order valence-electron chi connectivity index (χ1n) is 4.87. The first-order valence-corrected chi connectivity index (χ1v) is 7.03. The van der Waals surface area contributed by atoms with Crippen molar-refractivity contribution in [3.8, 4) is 0 Å². The summed E-state index contributed by atoms with van der Waals surface area (Å²) in [5.41, 5.74) is 1.17. The zero-order valence-corrected chi connectivity index (χ0v) is 11.6. The molecule has 0 fully saturated rings. The Balaban J connectivity index is 2.05. The third-order valence-corrected chi connectivity index (χ3v) is 4.06. The highest BCUT2D eigenvalue weighted by molar-refractivity contribution is 9.10. The maximum atomic E-state index is 6.15. The molecule has 0 unspecified atom stereocenters.